The van der Waals surface area contributed by atoms with E-state index in [1.165, 1.54) is 22.2 Å². The van der Waals surface area contributed by atoms with E-state index in [0.717, 1.165) is 11.1 Å². The molecule has 0 fully saturated rings. The van der Waals surface area contributed by atoms with Gasteiger partial charge in [0.15, 0.2) is 0 Å². The van der Waals surface area contributed by atoms with Crippen molar-refractivity contribution in [2.45, 2.75) is 12.6 Å². The smallest absolute Gasteiger partial charge is 0.262 e. The van der Waals surface area contributed by atoms with Crippen LogP contribution < -0.4 is 10.3 Å². The maximum absolute atomic E-state index is 13.1. The van der Waals surface area contributed by atoms with E-state index in [0.29, 0.717) is 26.6 Å². The number of rotatable bonds is 6. The SMILES string of the molecule is N#Cc1ccc(OCC(O)Cn2cnc3scc(-c4ccc(Cl)cc4)c3c2=O)cc1. The number of aromatic nitrogens is 2. The standard InChI is InChI=1S/C22H16ClN3O3S/c23-16-5-3-15(4-6-16)19-12-30-21-20(19)22(28)26(13-25-21)10-17(27)11-29-18-7-1-14(9-24)2-8-18/h1-8,12-13,17,27H,10-11H2. The fourth-order valence-electron chi connectivity index (χ4n) is 3.04. The zero-order valence-electron chi connectivity index (χ0n) is 15.7. The summed E-state index contributed by atoms with van der Waals surface area (Å²) < 4.78 is 6.94. The molecule has 0 saturated heterocycles. The van der Waals surface area contributed by atoms with Crippen molar-refractivity contribution < 1.29 is 9.84 Å². The molecule has 2 heterocycles. The van der Waals surface area contributed by atoms with Gasteiger partial charge in [-0.15, -0.1) is 11.3 Å². The van der Waals surface area contributed by atoms with Crippen molar-refractivity contribution >= 4 is 33.2 Å². The molecule has 4 aromatic rings. The summed E-state index contributed by atoms with van der Waals surface area (Å²) in [5.41, 5.74) is 1.98. The fourth-order valence-corrected chi connectivity index (χ4v) is 4.07. The monoisotopic (exact) mass is 437 g/mol. The quantitative estimate of drug-likeness (QED) is 0.490. The first-order chi connectivity index (χ1) is 14.5. The van der Waals surface area contributed by atoms with Gasteiger partial charge < -0.3 is 9.84 Å². The Morgan fingerprint density at radius 3 is 2.63 bits per heavy atom. The van der Waals surface area contributed by atoms with Crippen LogP contribution >= 0.6 is 22.9 Å². The summed E-state index contributed by atoms with van der Waals surface area (Å²) in [6.45, 7) is 0.0536. The van der Waals surface area contributed by atoms with E-state index in [4.69, 9.17) is 21.6 Å². The van der Waals surface area contributed by atoms with Crippen molar-refractivity contribution in [1.29, 1.82) is 5.26 Å². The minimum absolute atomic E-state index is 0.00402. The van der Waals surface area contributed by atoms with Gasteiger partial charge >= 0.3 is 0 Å². The van der Waals surface area contributed by atoms with Gasteiger partial charge in [0.05, 0.1) is 29.9 Å². The molecule has 8 heteroatoms. The van der Waals surface area contributed by atoms with Crippen LogP contribution in [0, 0.1) is 11.3 Å². The maximum atomic E-state index is 13.1. The predicted molar refractivity (Wildman–Crippen MR) is 117 cm³/mol. The van der Waals surface area contributed by atoms with Gasteiger partial charge in [0.1, 0.15) is 23.3 Å². The van der Waals surface area contributed by atoms with Crippen LogP contribution in [0.3, 0.4) is 0 Å². The number of nitrogens with zero attached hydrogens (tertiary/aromatic N) is 3. The summed E-state index contributed by atoms with van der Waals surface area (Å²) in [5.74, 6) is 0.539. The zero-order chi connectivity index (χ0) is 21.1. The number of hydrogen-bond acceptors (Lipinski definition) is 6. The van der Waals surface area contributed by atoms with Crippen molar-refractivity contribution in [3.05, 3.63) is 81.2 Å². The van der Waals surface area contributed by atoms with Crippen LogP contribution in [-0.2, 0) is 6.54 Å². The van der Waals surface area contributed by atoms with E-state index in [1.807, 2.05) is 23.6 Å². The molecular formula is C22H16ClN3O3S. The fraction of sp³-hybridized carbons (Fsp3) is 0.136. The molecule has 1 unspecified atom stereocenters. The van der Waals surface area contributed by atoms with E-state index >= 15 is 0 Å². The van der Waals surface area contributed by atoms with Gasteiger partial charge in [-0.3, -0.25) is 9.36 Å². The molecule has 0 aliphatic heterocycles. The molecule has 0 aliphatic rings. The Balaban J connectivity index is 1.53. The highest BCUT2D eigenvalue weighted by atomic mass is 35.5. The lowest BCUT2D eigenvalue weighted by molar-refractivity contribution is 0.0915. The first-order valence-corrected chi connectivity index (χ1v) is 10.3. The molecule has 4 rings (SSSR count). The third-order valence-electron chi connectivity index (χ3n) is 4.55. The summed E-state index contributed by atoms with van der Waals surface area (Å²) in [4.78, 5) is 18.1. The second-order valence-corrected chi connectivity index (χ2v) is 7.93. The lowest BCUT2D eigenvalue weighted by atomic mass is 10.1. The largest absolute Gasteiger partial charge is 0.491 e. The number of nitriles is 1. The summed E-state index contributed by atoms with van der Waals surface area (Å²) in [6, 6.07) is 15.9. The molecule has 1 atom stereocenters. The number of hydrogen-bond donors (Lipinski definition) is 1. The molecule has 0 saturated carbocycles. The van der Waals surface area contributed by atoms with Crippen molar-refractivity contribution in [3.63, 3.8) is 0 Å². The van der Waals surface area contributed by atoms with Crippen molar-refractivity contribution in [1.82, 2.24) is 9.55 Å². The van der Waals surface area contributed by atoms with Crippen molar-refractivity contribution in [2.75, 3.05) is 6.61 Å². The van der Waals surface area contributed by atoms with Gasteiger partial charge in [-0.1, -0.05) is 23.7 Å². The average molecular weight is 438 g/mol. The first-order valence-electron chi connectivity index (χ1n) is 9.09. The van der Waals surface area contributed by atoms with E-state index in [2.05, 4.69) is 4.98 Å². The topological polar surface area (TPSA) is 88.1 Å². The second-order valence-electron chi connectivity index (χ2n) is 6.64. The van der Waals surface area contributed by atoms with Gasteiger partial charge in [-0.25, -0.2) is 4.98 Å². The average Bonchev–Trinajstić information content (AvgIpc) is 3.20. The van der Waals surface area contributed by atoms with Gasteiger partial charge in [-0.05, 0) is 42.0 Å². The van der Waals surface area contributed by atoms with E-state index in [9.17, 15) is 9.90 Å². The van der Waals surface area contributed by atoms with Crippen LogP contribution in [0.2, 0.25) is 5.02 Å². The van der Waals surface area contributed by atoms with Crippen LogP contribution in [0.1, 0.15) is 5.56 Å². The van der Waals surface area contributed by atoms with Gasteiger partial charge in [0, 0.05) is 16.0 Å². The number of fused-ring (bicyclic) bond motifs is 1. The lowest BCUT2D eigenvalue weighted by Crippen LogP contribution is -2.30. The Labute approximate surface area is 181 Å². The van der Waals surface area contributed by atoms with Crippen LogP contribution in [-0.4, -0.2) is 27.4 Å². The first kappa shape index (κ1) is 20.1. The van der Waals surface area contributed by atoms with E-state index in [1.54, 1.807) is 36.4 Å². The number of ether oxygens (including phenoxy) is 1. The molecule has 0 spiro atoms. The molecule has 0 bridgehead atoms. The predicted octanol–water partition coefficient (Wildman–Crippen LogP) is 4.09. The maximum Gasteiger partial charge on any atom is 0.262 e. The molecule has 6 nitrogen and oxygen atoms in total. The van der Waals surface area contributed by atoms with E-state index < -0.39 is 6.10 Å². The van der Waals surface area contributed by atoms with Crippen LogP contribution in [0.5, 0.6) is 5.75 Å². The highest BCUT2D eigenvalue weighted by molar-refractivity contribution is 7.17. The minimum atomic E-state index is -0.907. The molecular weight excluding hydrogens is 422 g/mol. The Morgan fingerprint density at radius 1 is 1.20 bits per heavy atom. The summed E-state index contributed by atoms with van der Waals surface area (Å²) in [5, 5.41) is 22.2. The molecule has 1 N–H and O–H groups in total. The number of aliphatic hydroxyl groups is 1. The third-order valence-corrected chi connectivity index (χ3v) is 5.69. The van der Waals surface area contributed by atoms with Crippen LogP contribution in [0.25, 0.3) is 21.3 Å². The number of halogens is 1. The zero-order valence-corrected chi connectivity index (χ0v) is 17.2. The number of aliphatic hydroxyl groups excluding tert-OH is 1. The highest BCUT2D eigenvalue weighted by Gasteiger charge is 2.15. The minimum Gasteiger partial charge on any atom is -0.491 e. The molecule has 0 aliphatic carbocycles. The van der Waals surface area contributed by atoms with Crippen LogP contribution in [0.4, 0.5) is 0 Å². The number of benzene rings is 2. The van der Waals surface area contributed by atoms with E-state index in [-0.39, 0.29) is 18.7 Å². The van der Waals surface area contributed by atoms with Gasteiger partial charge in [0.25, 0.3) is 5.56 Å². The molecule has 30 heavy (non-hydrogen) atoms. The van der Waals surface area contributed by atoms with Crippen LogP contribution in [0.15, 0.2) is 65.0 Å². The van der Waals surface area contributed by atoms with Crippen molar-refractivity contribution in [3.8, 4) is 22.9 Å². The Bertz CT molecular complexity index is 1270. The molecule has 2 aromatic carbocycles. The third kappa shape index (κ3) is 4.21. The van der Waals surface area contributed by atoms with Crippen molar-refractivity contribution in [2.24, 2.45) is 0 Å². The molecule has 150 valence electrons. The lowest BCUT2D eigenvalue weighted by Gasteiger charge is -2.14. The molecule has 0 amide bonds. The molecule has 0 radical (unpaired) electrons. The second kappa shape index (κ2) is 8.67. The summed E-state index contributed by atoms with van der Waals surface area (Å²) in [7, 11) is 0. The van der Waals surface area contributed by atoms with Gasteiger partial charge in [-0.2, -0.15) is 5.26 Å². The number of thiophene rings is 1. The summed E-state index contributed by atoms with van der Waals surface area (Å²) in [6.07, 6.45) is 0.535. The Kier molecular flexibility index (Phi) is 5.81. The Hall–Kier alpha value is -3.18. The molecule has 2 aromatic heterocycles. The van der Waals surface area contributed by atoms with Gasteiger partial charge in [0.2, 0.25) is 0 Å². The summed E-state index contributed by atoms with van der Waals surface area (Å²) >= 11 is 7.36. The highest BCUT2D eigenvalue weighted by Crippen LogP contribution is 2.31. The normalized spacial score (nSPS) is 11.9. The Morgan fingerprint density at radius 2 is 1.93 bits per heavy atom.